The number of pyridine rings is 1. The van der Waals surface area contributed by atoms with Gasteiger partial charge in [0, 0.05) is 23.8 Å². The highest BCUT2D eigenvalue weighted by Crippen LogP contribution is 2.36. The normalized spacial score (nSPS) is 20.7. The summed E-state index contributed by atoms with van der Waals surface area (Å²) >= 11 is 0. The fourth-order valence-electron chi connectivity index (χ4n) is 3.16. The van der Waals surface area contributed by atoms with Crippen LogP contribution < -0.4 is 10.9 Å². The van der Waals surface area contributed by atoms with Crippen molar-refractivity contribution in [2.24, 2.45) is 5.92 Å². The fourth-order valence-corrected chi connectivity index (χ4v) is 3.16. The Labute approximate surface area is 121 Å². The number of ketones is 2. The summed E-state index contributed by atoms with van der Waals surface area (Å²) < 4.78 is 0. The van der Waals surface area contributed by atoms with Crippen molar-refractivity contribution in [3.8, 4) is 0 Å². The maximum Gasteiger partial charge on any atom is 0.248 e. The molecular formula is C16H16N2O3. The molecule has 0 amide bonds. The molecule has 2 N–H and O–H groups in total. The molecule has 1 aliphatic heterocycles. The number of carbonyl (C=O) groups excluding carboxylic acids is 2. The van der Waals surface area contributed by atoms with Crippen LogP contribution in [0.2, 0.25) is 0 Å². The van der Waals surface area contributed by atoms with E-state index in [4.69, 9.17) is 0 Å². The smallest absolute Gasteiger partial charge is 0.248 e. The molecule has 0 fully saturated rings. The van der Waals surface area contributed by atoms with Gasteiger partial charge < -0.3 is 10.3 Å². The summed E-state index contributed by atoms with van der Waals surface area (Å²) in [6, 6.07) is 1.36. The Morgan fingerprint density at radius 1 is 1.14 bits per heavy atom. The van der Waals surface area contributed by atoms with Gasteiger partial charge in [0.15, 0.2) is 5.78 Å². The summed E-state index contributed by atoms with van der Waals surface area (Å²) in [6.07, 6.45) is 2.51. The van der Waals surface area contributed by atoms with Crippen LogP contribution in [0.4, 0.5) is 0 Å². The summed E-state index contributed by atoms with van der Waals surface area (Å²) in [5.41, 5.74) is 2.44. The van der Waals surface area contributed by atoms with Crippen molar-refractivity contribution in [1.29, 1.82) is 0 Å². The third-order valence-electron chi connectivity index (χ3n) is 4.19. The average Bonchev–Trinajstić information content (AvgIpc) is 2.43. The molecule has 21 heavy (non-hydrogen) atoms. The second kappa shape index (κ2) is 4.55. The minimum Gasteiger partial charge on any atom is -0.358 e. The van der Waals surface area contributed by atoms with Gasteiger partial charge in [-0.1, -0.05) is 6.92 Å². The topological polar surface area (TPSA) is 79.0 Å². The highest BCUT2D eigenvalue weighted by Gasteiger charge is 2.39. The summed E-state index contributed by atoms with van der Waals surface area (Å²) in [5.74, 6) is -0.542. The minimum atomic E-state index is -0.369. The number of Topliss-reactive ketones (excluding diaryl/α,β-unsaturated/α-hetero) is 2. The van der Waals surface area contributed by atoms with Gasteiger partial charge in [-0.25, -0.2) is 0 Å². The second-order valence-corrected chi connectivity index (χ2v) is 5.51. The first-order valence-corrected chi connectivity index (χ1v) is 6.96. The van der Waals surface area contributed by atoms with E-state index in [2.05, 4.69) is 10.3 Å². The lowest BCUT2D eigenvalue weighted by molar-refractivity contribution is 0.0956. The standard InChI is InChI=1S/C16H16N2O3/c1-4-9-8(3)6-17-13-12(9)15(20)11-7(2)5-10(19)18-14(11)16(13)21/h5-6,9,17H,4H2,1-3H3,(H,18,19). The fraction of sp³-hybridized carbons (Fsp3) is 0.312. The van der Waals surface area contributed by atoms with Crippen LogP contribution in [-0.2, 0) is 0 Å². The highest BCUT2D eigenvalue weighted by atomic mass is 16.1. The number of rotatable bonds is 1. The first-order chi connectivity index (χ1) is 9.95. The van der Waals surface area contributed by atoms with Gasteiger partial charge in [-0.05, 0) is 31.4 Å². The maximum absolute atomic E-state index is 12.8. The Hall–Kier alpha value is -2.43. The Bertz CT molecular complexity index is 796. The first kappa shape index (κ1) is 13.5. The van der Waals surface area contributed by atoms with Gasteiger partial charge in [-0.3, -0.25) is 14.4 Å². The zero-order chi connectivity index (χ0) is 15.3. The van der Waals surface area contributed by atoms with E-state index in [9.17, 15) is 14.4 Å². The Kier molecular flexibility index (Phi) is 2.93. The third kappa shape index (κ3) is 1.81. The Morgan fingerprint density at radius 3 is 2.52 bits per heavy atom. The number of hydrogen-bond donors (Lipinski definition) is 2. The maximum atomic E-state index is 12.8. The number of hydrogen-bond acceptors (Lipinski definition) is 4. The van der Waals surface area contributed by atoms with E-state index in [1.165, 1.54) is 6.07 Å². The van der Waals surface area contributed by atoms with Crippen molar-refractivity contribution in [3.05, 3.63) is 56.3 Å². The lowest BCUT2D eigenvalue weighted by Gasteiger charge is -2.30. The van der Waals surface area contributed by atoms with E-state index in [1.54, 1.807) is 13.1 Å². The number of nitrogens with one attached hydrogen (secondary N) is 2. The zero-order valence-electron chi connectivity index (χ0n) is 12.2. The number of carbonyl (C=O) groups is 2. The summed E-state index contributed by atoms with van der Waals surface area (Å²) in [5, 5.41) is 2.92. The molecule has 1 unspecified atom stereocenters. The molecule has 3 rings (SSSR count). The van der Waals surface area contributed by atoms with Crippen molar-refractivity contribution in [2.75, 3.05) is 0 Å². The van der Waals surface area contributed by atoms with Crippen molar-refractivity contribution >= 4 is 11.6 Å². The van der Waals surface area contributed by atoms with E-state index in [1.807, 2.05) is 13.8 Å². The molecule has 0 spiro atoms. The van der Waals surface area contributed by atoms with E-state index in [-0.39, 0.29) is 28.7 Å². The molecule has 1 aromatic heterocycles. The number of aromatic amines is 1. The van der Waals surface area contributed by atoms with Crippen LogP contribution in [0.15, 0.2) is 33.9 Å². The molecule has 0 bridgehead atoms. The number of allylic oxidation sites excluding steroid dienone is 3. The van der Waals surface area contributed by atoms with Crippen molar-refractivity contribution in [3.63, 3.8) is 0 Å². The van der Waals surface area contributed by atoms with Gasteiger partial charge in [0.2, 0.25) is 11.3 Å². The number of dihydropyridines is 1. The molecule has 5 nitrogen and oxygen atoms in total. The van der Waals surface area contributed by atoms with E-state index >= 15 is 0 Å². The van der Waals surface area contributed by atoms with Crippen LogP contribution in [0.3, 0.4) is 0 Å². The number of fused-ring (bicyclic) bond motifs is 1. The van der Waals surface area contributed by atoms with E-state index < -0.39 is 0 Å². The quantitative estimate of drug-likeness (QED) is 0.825. The van der Waals surface area contributed by atoms with Gasteiger partial charge in [0.25, 0.3) is 0 Å². The summed E-state index contributed by atoms with van der Waals surface area (Å²) in [7, 11) is 0. The molecule has 0 aromatic carbocycles. The van der Waals surface area contributed by atoms with Gasteiger partial charge in [0.1, 0.15) is 5.69 Å². The molecule has 5 heteroatoms. The third-order valence-corrected chi connectivity index (χ3v) is 4.19. The molecule has 2 heterocycles. The lowest BCUT2D eigenvalue weighted by Crippen LogP contribution is -2.37. The van der Waals surface area contributed by atoms with Gasteiger partial charge in [0.05, 0.1) is 11.3 Å². The lowest BCUT2D eigenvalue weighted by atomic mass is 9.77. The van der Waals surface area contributed by atoms with Gasteiger partial charge in [-0.15, -0.1) is 0 Å². The van der Waals surface area contributed by atoms with Crippen LogP contribution in [0.1, 0.15) is 46.7 Å². The average molecular weight is 284 g/mol. The van der Waals surface area contributed by atoms with Crippen LogP contribution >= 0.6 is 0 Å². The van der Waals surface area contributed by atoms with Crippen LogP contribution in [0, 0.1) is 12.8 Å². The predicted octanol–water partition coefficient (Wildman–Crippen LogP) is 1.85. The van der Waals surface area contributed by atoms with Crippen molar-refractivity contribution < 1.29 is 9.59 Å². The Morgan fingerprint density at radius 2 is 1.86 bits per heavy atom. The second-order valence-electron chi connectivity index (χ2n) is 5.51. The first-order valence-electron chi connectivity index (χ1n) is 6.96. The van der Waals surface area contributed by atoms with Gasteiger partial charge in [-0.2, -0.15) is 0 Å². The molecule has 108 valence electrons. The molecule has 2 aliphatic rings. The molecule has 1 aromatic rings. The summed E-state index contributed by atoms with van der Waals surface area (Å²) in [4.78, 5) is 39.5. The van der Waals surface area contributed by atoms with E-state index in [0.717, 1.165) is 12.0 Å². The number of aryl methyl sites for hydroxylation is 1. The number of H-pyrrole nitrogens is 1. The van der Waals surface area contributed by atoms with Crippen LogP contribution in [0.25, 0.3) is 0 Å². The van der Waals surface area contributed by atoms with Crippen molar-refractivity contribution in [2.45, 2.75) is 27.2 Å². The molecule has 0 saturated heterocycles. The predicted molar refractivity (Wildman–Crippen MR) is 78.2 cm³/mol. The zero-order valence-corrected chi connectivity index (χ0v) is 12.2. The SMILES string of the molecule is CCC1C(C)=CNC2=C1C(=O)c1c(C)cc(=O)[nH]c1C2=O. The van der Waals surface area contributed by atoms with Crippen molar-refractivity contribution in [1.82, 2.24) is 10.3 Å². The van der Waals surface area contributed by atoms with Crippen LogP contribution in [0.5, 0.6) is 0 Å². The summed E-state index contributed by atoms with van der Waals surface area (Å²) in [6.45, 7) is 5.62. The van der Waals surface area contributed by atoms with E-state index in [0.29, 0.717) is 22.4 Å². The largest absolute Gasteiger partial charge is 0.358 e. The highest BCUT2D eigenvalue weighted by molar-refractivity contribution is 6.27. The molecule has 0 radical (unpaired) electrons. The number of aromatic nitrogens is 1. The van der Waals surface area contributed by atoms with Crippen LogP contribution in [-0.4, -0.2) is 16.6 Å². The minimum absolute atomic E-state index is 0.0582. The molecule has 1 atom stereocenters. The molecule has 1 aliphatic carbocycles. The molecular weight excluding hydrogens is 268 g/mol. The Balaban J connectivity index is 2.27. The molecule has 0 saturated carbocycles. The van der Waals surface area contributed by atoms with Gasteiger partial charge >= 0.3 is 0 Å². The monoisotopic (exact) mass is 284 g/mol.